The molecule has 1 aliphatic carbocycles. The van der Waals surface area contributed by atoms with Gasteiger partial charge in [0.25, 0.3) is 0 Å². The number of ether oxygens (including phenoxy) is 1. The Morgan fingerprint density at radius 2 is 1.52 bits per heavy atom. The van der Waals surface area contributed by atoms with Crippen LogP contribution < -0.4 is 26.2 Å². The molecule has 0 bridgehead atoms. The van der Waals surface area contributed by atoms with Gasteiger partial charge in [-0.1, -0.05) is 18.6 Å². The Kier molecular flexibility index (Phi) is 7.67. The highest BCUT2D eigenvalue weighted by molar-refractivity contribution is 6.38. The highest BCUT2D eigenvalue weighted by Crippen LogP contribution is 2.53. The number of phenolic OH excluding ortho intramolecular Hbond substituents is 1. The fourth-order valence-corrected chi connectivity index (χ4v) is 7.10. The first-order valence-electron chi connectivity index (χ1n) is 14.7. The molecule has 0 saturated heterocycles. The van der Waals surface area contributed by atoms with Crippen molar-refractivity contribution in [2.24, 2.45) is 0 Å². The van der Waals surface area contributed by atoms with Crippen LogP contribution in [0.2, 0.25) is 0 Å². The minimum atomic E-state index is -1.63. The van der Waals surface area contributed by atoms with Gasteiger partial charge in [-0.2, -0.15) is 0 Å². The zero-order valence-electron chi connectivity index (χ0n) is 25.3. The van der Waals surface area contributed by atoms with Crippen LogP contribution in [0.3, 0.4) is 0 Å². The second-order valence-corrected chi connectivity index (χ2v) is 11.6. The van der Waals surface area contributed by atoms with Crippen molar-refractivity contribution in [1.29, 1.82) is 0 Å². The largest absolute Gasteiger partial charge is 0.507 e. The number of aliphatic hydroxyl groups excluding tert-OH is 2. The van der Waals surface area contributed by atoms with E-state index >= 15 is 0 Å². The van der Waals surface area contributed by atoms with Gasteiger partial charge >= 0.3 is 11.9 Å². The van der Waals surface area contributed by atoms with Crippen LogP contribution in [0.5, 0.6) is 11.5 Å². The van der Waals surface area contributed by atoms with Crippen LogP contribution in [0.15, 0.2) is 27.3 Å². The van der Waals surface area contributed by atoms with Crippen LogP contribution in [0.1, 0.15) is 48.1 Å². The summed E-state index contributed by atoms with van der Waals surface area (Å²) in [6.07, 6.45) is 1.34. The number of phenols is 1. The summed E-state index contributed by atoms with van der Waals surface area (Å²) in [5.41, 5.74) is 1.70. The van der Waals surface area contributed by atoms with Gasteiger partial charge in [-0.15, -0.1) is 0 Å². The number of allylic oxidation sites excluding steroid dienone is 1. The van der Waals surface area contributed by atoms with Gasteiger partial charge in [-0.25, -0.2) is 4.79 Å². The van der Waals surface area contributed by atoms with E-state index in [4.69, 9.17) is 4.74 Å². The fourth-order valence-electron chi connectivity index (χ4n) is 7.10. The summed E-state index contributed by atoms with van der Waals surface area (Å²) in [6, 6.07) is 0.800. The van der Waals surface area contributed by atoms with E-state index < -0.39 is 48.5 Å². The Labute approximate surface area is 260 Å². The number of hydrogen-bond donors (Lipinski definition) is 7. The lowest BCUT2D eigenvalue weighted by atomic mass is 9.80. The van der Waals surface area contributed by atoms with E-state index in [9.17, 15) is 44.7 Å². The van der Waals surface area contributed by atoms with Crippen LogP contribution in [-0.2, 0) is 35.8 Å². The number of hydrogen-bond acceptors (Lipinski definition) is 10. The Bertz CT molecular complexity index is 2260. The van der Waals surface area contributed by atoms with Crippen molar-refractivity contribution >= 4 is 66.8 Å². The molecule has 7 N–H and O–H groups in total. The number of carboxylic acid groups (broad SMARTS) is 2. The molecule has 46 heavy (non-hydrogen) atoms. The lowest BCUT2D eigenvalue weighted by molar-refractivity contribution is -0.144. The number of nitrogens with one attached hydrogen (secondary N) is 2. The molecule has 0 radical (unpaired) electrons. The Hall–Kier alpha value is -5.04. The number of rotatable bonds is 11. The third kappa shape index (κ3) is 4.40. The Morgan fingerprint density at radius 3 is 2.07 bits per heavy atom. The van der Waals surface area contributed by atoms with Gasteiger partial charge in [0.2, 0.25) is 0 Å². The highest BCUT2D eigenvalue weighted by Gasteiger charge is 2.33. The zero-order chi connectivity index (χ0) is 33.2. The van der Waals surface area contributed by atoms with Gasteiger partial charge in [-0.05, 0) is 70.3 Å². The van der Waals surface area contributed by atoms with E-state index in [0.29, 0.717) is 55.6 Å². The smallest absolute Gasteiger partial charge is 0.326 e. The first kappa shape index (κ1) is 31.0. The first-order chi connectivity index (χ1) is 22.0. The number of carbonyl (C=O) groups is 2. The summed E-state index contributed by atoms with van der Waals surface area (Å²) < 4.78 is 5.90. The quantitative estimate of drug-likeness (QED) is 0.0834. The molecule has 0 aromatic heterocycles. The van der Waals surface area contributed by atoms with Crippen LogP contribution in [0, 0.1) is 0 Å². The molecule has 5 aromatic rings. The fraction of sp³-hybridized carbons (Fsp3) is 0.294. The van der Waals surface area contributed by atoms with Crippen molar-refractivity contribution in [3.8, 4) is 11.5 Å². The van der Waals surface area contributed by atoms with Gasteiger partial charge < -0.3 is 40.9 Å². The molecule has 12 heteroatoms. The van der Waals surface area contributed by atoms with E-state index in [1.165, 1.54) is 19.2 Å². The minimum Gasteiger partial charge on any atom is -0.507 e. The van der Waals surface area contributed by atoms with Crippen molar-refractivity contribution in [3.63, 3.8) is 0 Å². The minimum absolute atomic E-state index is 0.000129. The summed E-state index contributed by atoms with van der Waals surface area (Å²) in [7, 11) is 1.36. The Balaban J connectivity index is 2.00. The van der Waals surface area contributed by atoms with Crippen molar-refractivity contribution in [2.75, 3.05) is 19.0 Å². The SMILES string of the molecule is CCNCc1c(O)c2c(=O)cc(CO)c3c4c(CO)cc(=O)c5c(NC(CC(=O)O)C(=O)O)c(OC)c6c(c(c1C=C(C)C6)c23)c54. The van der Waals surface area contributed by atoms with Crippen LogP contribution in [0.4, 0.5) is 5.69 Å². The van der Waals surface area contributed by atoms with E-state index in [2.05, 4.69) is 10.6 Å². The lowest BCUT2D eigenvalue weighted by Crippen LogP contribution is -2.32. The van der Waals surface area contributed by atoms with Gasteiger partial charge in [0.1, 0.15) is 17.5 Å². The second-order valence-electron chi connectivity index (χ2n) is 11.6. The van der Waals surface area contributed by atoms with Gasteiger partial charge in [0.15, 0.2) is 10.9 Å². The first-order valence-corrected chi connectivity index (χ1v) is 14.7. The van der Waals surface area contributed by atoms with Crippen LogP contribution in [-0.4, -0.2) is 57.2 Å². The summed E-state index contributed by atoms with van der Waals surface area (Å²) >= 11 is 0. The van der Waals surface area contributed by atoms with Crippen molar-refractivity contribution in [3.05, 3.63) is 66.0 Å². The molecule has 1 unspecified atom stereocenters. The molecule has 0 aliphatic heterocycles. The number of benzene rings is 5. The van der Waals surface area contributed by atoms with Gasteiger partial charge in [0, 0.05) is 28.4 Å². The number of aliphatic carboxylic acids is 2. The summed E-state index contributed by atoms with van der Waals surface area (Å²) in [4.78, 5) is 51.6. The number of fused-ring (bicyclic) bond motifs is 1. The Morgan fingerprint density at radius 1 is 0.913 bits per heavy atom. The van der Waals surface area contributed by atoms with Crippen molar-refractivity contribution in [2.45, 2.75) is 52.5 Å². The van der Waals surface area contributed by atoms with E-state index in [1.54, 1.807) is 0 Å². The van der Waals surface area contributed by atoms with Crippen molar-refractivity contribution < 1.29 is 39.9 Å². The molecule has 5 aromatic carbocycles. The molecular weight excluding hydrogens is 596 g/mol. The summed E-state index contributed by atoms with van der Waals surface area (Å²) in [5, 5.41) is 60.7. The number of aliphatic hydroxyl groups is 2. The molecule has 12 nitrogen and oxygen atoms in total. The maximum Gasteiger partial charge on any atom is 0.326 e. The molecule has 0 spiro atoms. The van der Waals surface area contributed by atoms with Crippen LogP contribution in [0.25, 0.3) is 49.2 Å². The number of methoxy groups -OCH3 is 1. The third-order valence-corrected chi connectivity index (χ3v) is 8.85. The number of carboxylic acids is 2. The topological polar surface area (TPSA) is 203 Å². The molecule has 0 heterocycles. The monoisotopic (exact) mass is 628 g/mol. The maximum absolute atomic E-state index is 14.0. The van der Waals surface area contributed by atoms with Gasteiger partial charge in [0.05, 0.1) is 43.2 Å². The molecule has 0 fully saturated rings. The molecular formula is C34H32N2O10. The maximum atomic E-state index is 14.0. The molecule has 1 aliphatic rings. The van der Waals surface area contributed by atoms with Gasteiger partial charge in [-0.3, -0.25) is 14.4 Å². The average Bonchev–Trinajstić information content (AvgIpc) is 3.16. The van der Waals surface area contributed by atoms with E-state index in [-0.39, 0.29) is 52.1 Å². The lowest BCUT2D eigenvalue weighted by Gasteiger charge is -2.26. The number of anilines is 1. The molecule has 0 saturated carbocycles. The molecule has 238 valence electrons. The highest BCUT2D eigenvalue weighted by atomic mass is 16.5. The molecule has 0 amide bonds. The summed E-state index contributed by atoms with van der Waals surface area (Å²) in [6.45, 7) is 3.39. The zero-order valence-corrected chi connectivity index (χ0v) is 25.3. The normalized spacial score (nSPS) is 13.5. The average molecular weight is 629 g/mol. The predicted octanol–water partition coefficient (Wildman–Crippen LogP) is 3.00. The van der Waals surface area contributed by atoms with Crippen molar-refractivity contribution in [1.82, 2.24) is 5.32 Å². The van der Waals surface area contributed by atoms with E-state index in [1.807, 2.05) is 19.9 Å². The van der Waals surface area contributed by atoms with E-state index in [0.717, 1.165) is 5.57 Å². The second kappa shape index (κ2) is 11.4. The molecule has 1 atom stereocenters. The third-order valence-electron chi connectivity index (χ3n) is 8.85. The van der Waals surface area contributed by atoms with Crippen LogP contribution >= 0.6 is 0 Å². The predicted molar refractivity (Wildman–Crippen MR) is 173 cm³/mol. The molecule has 6 rings (SSSR count). The number of aromatic hydroxyl groups is 1. The summed E-state index contributed by atoms with van der Waals surface area (Å²) in [5.74, 6) is -2.92. The standard InChI is InChI=1S/C34H32N2O10/c1-4-35-10-18-16-5-13(2)6-17-26-25(16)30-24(15(12-38)8-21(40)28(30)32(18)43)23-14(11-37)7-20(39)27(29(23)26)31(33(17)46-3)36-19(34(44)45)9-22(41)42/h5,7-8,19,35-38,43H,4,6,9-12H2,1-3H3,(H,41,42)(H,44,45).